The van der Waals surface area contributed by atoms with E-state index in [-0.39, 0.29) is 18.7 Å². The normalized spacial score (nSPS) is 22.7. The van der Waals surface area contributed by atoms with Crippen LogP contribution in [0.2, 0.25) is 0 Å². The van der Waals surface area contributed by atoms with E-state index in [1.54, 1.807) is 0 Å². The number of carbonyl (C=O) groups is 1. The van der Waals surface area contributed by atoms with Crippen LogP contribution in [0, 0.1) is 5.92 Å². The summed E-state index contributed by atoms with van der Waals surface area (Å²) < 4.78 is 0. The number of amides is 2. The van der Waals surface area contributed by atoms with Crippen LogP contribution in [0.5, 0.6) is 0 Å². The summed E-state index contributed by atoms with van der Waals surface area (Å²) in [6, 6.07) is 10.3. The van der Waals surface area contributed by atoms with Crippen molar-refractivity contribution in [2.24, 2.45) is 5.92 Å². The van der Waals surface area contributed by atoms with Crippen LogP contribution >= 0.6 is 0 Å². The SMILES string of the molecule is O=C(NCC1CCN(C2CC2)C1)N[C@H](CCO)c1ccccc1. The molecule has 126 valence electrons. The zero-order valence-electron chi connectivity index (χ0n) is 13.6. The molecule has 1 aromatic rings. The fourth-order valence-electron chi connectivity index (χ4n) is 3.38. The maximum Gasteiger partial charge on any atom is 0.315 e. The molecule has 2 amide bonds. The lowest BCUT2D eigenvalue weighted by atomic mass is 10.0. The zero-order chi connectivity index (χ0) is 16.1. The van der Waals surface area contributed by atoms with Gasteiger partial charge in [-0.1, -0.05) is 30.3 Å². The van der Waals surface area contributed by atoms with Crippen molar-refractivity contribution in [3.8, 4) is 0 Å². The Labute approximate surface area is 138 Å². The molecule has 1 saturated carbocycles. The number of likely N-dealkylation sites (tertiary alicyclic amines) is 1. The van der Waals surface area contributed by atoms with E-state index in [4.69, 9.17) is 0 Å². The monoisotopic (exact) mass is 317 g/mol. The van der Waals surface area contributed by atoms with Crippen molar-refractivity contribution in [1.29, 1.82) is 0 Å². The van der Waals surface area contributed by atoms with E-state index in [1.165, 1.54) is 25.8 Å². The number of carbonyl (C=O) groups excluding carboxylic acids is 1. The summed E-state index contributed by atoms with van der Waals surface area (Å²) >= 11 is 0. The molecule has 1 unspecified atom stereocenters. The number of nitrogens with zero attached hydrogens (tertiary/aromatic N) is 1. The second-order valence-electron chi connectivity index (χ2n) is 6.71. The molecule has 3 rings (SSSR count). The largest absolute Gasteiger partial charge is 0.396 e. The molecule has 23 heavy (non-hydrogen) atoms. The van der Waals surface area contributed by atoms with Gasteiger partial charge in [0.15, 0.2) is 0 Å². The maximum absolute atomic E-state index is 12.2. The average molecular weight is 317 g/mol. The Morgan fingerprint density at radius 2 is 2.04 bits per heavy atom. The number of aliphatic hydroxyl groups is 1. The van der Waals surface area contributed by atoms with E-state index in [2.05, 4.69) is 15.5 Å². The average Bonchev–Trinajstić information content (AvgIpc) is 3.32. The van der Waals surface area contributed by atoms with Crippen molar-refractivity contribution in [2.45, 2.75) is 37.8 Å². The van der Waals surface area contributed by atoms with E-state index < -0.39 is 0 Å². The van der Waals surface area contributed by atoms with Crippen molar-refractivity contribution in [3.63, 3.8) is 0 Å². The highest BCUT2D eigenvalue weighted by atomic mass is 16.3. The molecule has 5 heteroatoms. The Kier molecular flexibility index (Phi) is 5.51. The first-order valence-electron chi connectivity index (χ1n) is 8.70. The summed E-state index contributed by atoms with van der Waals surface area (Å²) in [6.07, 6.45) is 4.40. The van der Waals surface area contributed by atoms with Gasteiger partial charge in [0, 0.05) is 25.7 Å². The molecule has 1 aliphatic carbocycles. The van der Waals surface area contributed by atoms with Crippen LogP contribution in [0.3, 0.4) is 0 Å². The lowest BCUT2D eigenvalue weighted by molar-refractivity contribution is 0.227. The van der Waals surface area contributed by atoms with Gasteiger partial charge in [0.25, 0.3) is 0 Å². The fraction of sp³-hybridized carbons (Fsp3) is 0.611. The van der Waals surface area contributed by atoms with Crippen LogP contribution in [0.4, 0.5) is 4.79 Å². The summed E-state index contributed by atoms with van der Waals surface area (Å²) in [7, 11) is 0. The van der Waals surface area contributed by atoms with Gasteiger partial charge in [-0.15, -0.1) is 0 Å². The van der Waals surface area contributed by atoms with E-state index in [9.17, 15) is 9.90 Å². The fourth-order valence-corrected chi connectivity index (χ4v) is 3.38. The zero-order valence-corrected chi connectivity index (χ0v) is 13.6. The Balaban J connectivity index is 1.44. The minimum Gasteiger partial charge on any atom is -0.396 e. The van der Waals surface area contributed by atoms with Crippen LogP contribution in [0.1, 0.15) is 37.3 Å². The van der Waals surface area contributed by atoms with Crippen molar-refractivity contribution in [3.05, 3.63) is 35.9 Å². The Hall–Kier alpha value is -1.59. The third-order valence-electron chi connectivity index (χ3n) is 4.86. The van der Waals surface area contributed by atoms with Crippen molar-refractivity contribution in [1.82, 2.24) is 15.5 Å². The second-order valence-corrected chi connectivity index (χ2v) is 6.71. The van der Waals surface area contributed by atoms with E-state index in [0.29, 0.717) is 12.3 Å². The molecule has 1 aromatic carbocycles. The number of aliphatic hydroxyl groups excluding tert-OH is 1. The molecule has 2 aliphatic rings. The Morgan fingerprint density at radius 3 is 2.74 bits per heavy atom. The first-order valence-corrected chi connectivity index (χ1v) is 8.70. The Morgan fingerprint density at radius 1 is 1.26 bits per heavy atom. The molecular weight excluding hydrogens is 290 g/mol. The van der Waals surface area contributed by atoms with Gasteiger partial charge in [-0.05, 0) is 43.7 Å². The van der Waals surface area contributed by atoms with Gasteiger partial charge in [-0.25, -0.2) is 4.79 Å². The van der Waals surface area contributed by atoms with Crippen LogP contribution in [-0.2, 0) is 0 Å². The van der Waals surface area contributed by atoms with Crippen LogP contribution in [-0.4, -0.2) is 48.3 Å². The van der Waals surface area contributed by atoms with Crippen molar-refractivity contribution in [2.75, 3.05) is 26.2 Å². The molecule has 3 N–H and O–H groups in total. The summed E-state index contributed by atoms with van der Waals surface area (Å²) in [6.45, 7) is 3.08. The third-order valence-corrected chi connectivity index (χ3v) is 4.86. The topological polar surface area (TPSA) is 64.6 Å². The first kappa shape index (κ1) is 16.3. The number of rotatable bonds is 7. The molecule has 1 heterocycles. The summed E-state index contributed by atoms with van der Waals surface area (Å²) in [5, 5.41) is 15.2. The van der Waals surface area contributed by atoms with Gasteiger partial charge in [-0.2, -0.15) is 0 Å². The number of benzene rings is 1. The lowest BCUT2D eigenvalue weighted by Gasteiger charge is -2.20. The molecule has 2 atom stereocenters. The van der Waals surface area contributed by atoms with Gasteiger partial charge >= 0.3 is 6.03 Å². The number of hydrogen-bond donors (Lipinski definition) is 3. The smallest absolute Gasteiger partial charge is 0.315 e. The van der Waals surface area contributed by atoms with Gasteiger partial charge < -0.3 is 20.6 Å². The van der Waals surface area contributed by atoms with Crippen molar-refractivity contribution < 1.29 is 9.90 Å². The molecular formula is C18H27N3O2. The standard InChI is InChI=1S/C18H27N3O2/c22-11-9-17(15-4-2-1-3-5-15)20-18(23)19-12-14-8-10-21(13-14)16-6-7-16/h1-5,14,16-17,22H,6-13H2,(H2,19,20,23)/t14?,17-/m1/s1. The van der Waals surface area contributed by atoms with Crippen LogP contribution < -0.4 is 10.6 Å². The van der Waals surface area contributed by atoms with Crippen LogP contribution in [0.25, 0.3) is 0 Å². The summed E-state index contributed by atoms with van der Waals surface area (Å²) in [5.74, 6) is 0.564. The number of hydrogen-bond acceptors (Lipinski definition) is 3. The molecule has 0 spiro atoms. The van der Waals surface area contributed by atoms with E-state index in [0.717, 1.165) is 24.7 Å². The van der Waals surface area contributed by atoms with Crippen LogP contribution in [0.15, 0.2) is 30.3 Å². The van der Waals surface area contributed by atoms with Gasteiger partial charge in [0.05, 0.1) is 6.04 Å². The third kappa shape index (κ3) is 4.69. The molecule has 0 bridgehead atoms. The minimum atomic E-state index is -0.146. The second kappa shape index (κ2) is 7.79. The Bertz CT molecular complexity index is 504. The maximum atomic E-state index is 12.2. The predicted octanol–water partition coefficient (Wildman–Crippen LogP) is 1.89. The predicted molar refractivity (Wildman–Crippen MR) is 90.1 cm³/mol. The highest BCUT2D eigenvalue weighted by Crippen LogP contribution is 2.31. The lowest BCUT2D eigenvalue weighted by Crippen LogP contribution is -2.41. The minimum absolute atomic E-state index is 0.0544. The highest BCUT2D eigenvalue weighted by Gasteiger charge is 2.34. The molecule has 0 radical (unpaired) electrons. The quantitative estimate of drug-likeness (QED) is 0.719. The van der Waals surface area contributed by atoms with E-state index in [1.807, 2.05) is 30.3 Å². The highest BCUT2D eigenvalue weighted by molar-refractivity contribution is 5.74. The molecule has 1 aliphatic heterocycles. The molecule has 5 nitrogen and oxygen atoms in total. The van der Waals surface area contributed by atoms with Gasteiger partial charge in [0.2, 0.25) is 0 Å². The first-order chi connectivity index (χ1) is 11.3. The number of nitrogens with one attached hydrogen (secondary N) is 2. The molecule has 0 aromatic heterocycles. The van der Waals surface area contributed by atoms with Gasteiger partial charge in [-0.3, -0.25) is 0 Å². The number of urea groups is 1. The van der Waals surface area contributed by atoms with Gasteiger partial charge in [0.1, 0.15) is 0 Å². The summed E-state index contributed by atoms with van der Waals surface area (Å²) in [5.41, 5.74) is 1.03. The summed E-state index contributed by atoms with van der Waals surface area (Å²) in [4.78, 5) is 14.7. The molecule has 1 saturated heterocycles. The van der Waals surface area contributed by atoms with Crippen molar-refractivity contribution >= 4 is 6.03 Å². The van der Waals surface area contributed by atoms with E-state index >= 15 is 0 Å². The molecule has 2 fully saturated rings.